The van der Waals surface area contributed by atoms with Crippen LogP contribution in [0.4, 0.5) is 0 Å². The lowest BCUT2D eigenvalue weighted by Gasteiger charge is -2.07. The topological polar surface area (TPSA) is 22.0 Å². The molecule has 0 saturated heterocycles. The summed E-state index contributed by atoms with van der Waals surface area (Å²) in [7, 11) is 0. The molecule has 1 heterocycles. The average molecular weight is 219 g/mol. The van der Waals surface area contributed by atoms with Crippen LogP contribution in [-0.2, 0) is 13.0 Å². The van der Waals surface area contributed by atoms with Gasteiger partial charge in [-0.15, -0.1) is 0 Å². The molecule has 0 unspecified atom stereocenters. The van der Waals surface area contributed by atoms with Gasteiger partial charge in [-0.3, -0.25) is 4.79 Å². The second kappa shape index (κ2) is 4.86. The van der Waals surface area contributed by atoms with E-state index in [9.17, 15) is 4.79 Å². The summed E-state index contributed by atoms with van der Waals surface area (Å²) < 4.78 is 2.20. The van der Waals surface area contributed by atoms with Crippen molar-refractivity contribution in [3.05, 3.63) is 23.5 Å². The average Bonchev–Trinajstić information content (AvgIpc) is 2.61. The van der Waals surface area contributed by atoms with Gasteiger partial charge in [-0.05, 0) is 37.2 Å². The molecule has 1 aromatic heterocycles. The Bertz CT molecular complexity index is 376. The molecule has 1 aliphatic carbocycles. The van der Waals surface area contributed by atoms with E-state index in [2.05, 4.69) is 30.8 Å². The van der Waals surface area contributed by atoms with Crippen LogP contribution in [0.5, 0.6) is 0 Å². The zero-order valence-electron chi connectivity index (χ0n) is 10.3. The third kappa shape index (κ3) is 2.55. The predicted molar refractivity (Wildman–Crippen MR) is 65.8 cm³/mol. The van der Waals surface area contributed by atoms with Crippen LogP contribution in [0.15, 0.2) is 12.4 Å². The molecular formula is C14H21NO. The van der Waals surface area contributed by atoms with Gasteiger partial charge in [-0.2, -0.15) is 0 Å². The molecule has 0 radical (unpaired) electrons. The Morgan fingerprint density at radius 3 is 2.81 bits per heavy atom. The van der Waals surface area contributed by atoms with Crippen LogP contribution in [0.25, 0.3) is 0 Å². The first kappa shape index (κ1) is 11.4. The number of Topliss-reactive ketones (excluding diaryl/α,β-unsaturated/α-hetero) is 1. The Labute approximate surface area is 97.7 Å². The van der Waals surface area contributed by atoms with E-state index in [1.54, 1.807) is 0 Å². The number of ketones is 1. The van der Waals surface area contributed by atoms with Gasteiger partial charge in [-0.25, -0.2) is 0 Å². The molecule has 0 fully saturated rings. The molecule has 0 N–H and O–H groups in total. The minimum Gasteiger partial charge on any atom is -0.353 e. The molecule has 0 aliphatic heterocycles. The fourth-order valence-electron chi connectivity index (χ4n) is 2.39. The van der Waals surface area contributed by atoms with E-state index >= 15 is 0 Å². The van der Waals surface area contributed by atoms with Gasteiger partial charge in [0.2, 0.25) is 0 Å². The summed E-state index contributed by atoms with van der Waals surface area (Å²) in [6.07, 6.45) is 9.54. The number of carbonyl (C=O) groups excluding carboxylic acids is 1. The number of nitrogens with zero attached hydrogens (tertiary/aromatic N) is 1. The monoisotopic (exact) mass is 219 g/mol. The molecule has 0 amide bonds. The van der Waals surface area contributed by atoms with Crippen molar-refractivity contribution >= 4 is 5.78 Å². The second-order valence-corrected chi connectivity index (χ2v) is 5.25. The molecule has 2 heteroatoms. The predicted octanol–water partition coefficient (Wildman–Crippen LogP) is 3.44. The largest absolute Gasteiger partial charge is 0.353 e. The summed E-state index contributed by atoms with van der Waals surface area (Å²) in [6.45, 7) is 5.56. The second-order valence-electron chi connectivity index (χ2n) is 5.25. The third-order valence-electron chi connectivity index (χ3n) is 3.31. The number of hydrogen-bond donors (Lipinski definition) is 0. The number of carbonyl (C=O) groups is 1. The van der Waals surface area contributed by atoms with Crippen LogP contribution < -0.4 is 0 Å². The van der Waals surface area contributed by atoms with Crippen molar-refractivity contribution in [2.24, 2.45) is 5.92 Å². The van der Waals surface area contributed by atoms with Crippen molar-refractivity contribution in [1.29, 1.82) is 0 Å². The number of aryl methyl sites for hydroxylation is 2. The smallest absolute Gasteiger partial charge is 0.164 e. The minimum atomic E-state index is 0.337. The molecule has 0 saturated carbocycles. The molecular weight excluding hydrogens is 198 g/mol. The summed E-state index contributed by atoms with van der Waals surface area (Å²) in [5.74, 6) is 1.11. The SMILES string of the molecule is CC(C)CCCn1cc2c(c1)C(=O)CCC2. The molecule has 1 aliphatic rings. The number of fused-ring (bicyclic) bond motifs is 1. The summed E-state index contributed by atoms with van der Waals surface area (Å²) in [5, 5.41) is 0. The van der Waals surface area contributed by atoms with E-state index in [1.807, 2.05) is 0 Å². The fourth-order valence-corrected chi connectivity index (χ4v) is 2.39. The molecule has 2 nitrogen and oxygen atoms in total. The van der Waals surface area contributed by atoms with E-state index in [-0.39, 0.29) is 0 Å². The van der Waals surface area contributed by atoms with Crippen molar-refractivity contribution in [2.45, 2.75) is 52.5 Å². The van der Waals surface area contributed by atoms with Crippen molar-refractivity contribution in [3.8, 4) is 0 Å². The highest BCUT2D eigenvalue weighted by Crippen LogP contribution is 2.22. The third-order valence-corrected chi connectivity index (χ3v) is 3.31. The molecule has 0 spiro atoms. The molecule has 2 rings (SSSR count). The van der Waals surface area contributed by atoms with Crippen LogP contribution in [0.2, 0.25) is 0 Å². The molecule has 1 aromatic rings. The normalized spacial score (nSPS) is 15.6. The zero-order chi connectivity index (χ0) is 11.5. The van der Waals surface area contributed by atoms with Crippen LogP contribution in [0.3, 0.4) is 0 Å². The quantitative estimate of drug-likeness (QED) is 0.760. The highest BCUT2D eigenvalue weighted by Gasteiger charge is 2.18. The zero-order valence-corrected chi connectivity index (χ0v) is 10.3. The van der Waals surface area contributed by atoms with Crippen molar-refractivity contribution < 1.29 is 4.79 Å². The van der Waals surface area contributed by atoms with E-state index in [1.165, 1.54) is 18.4 Å². The number of hydrogen-bond acceptors (Lipinski definition) is 1. The van der Waals surface area contributed by atoms with Crippen LogP contribution in [-0.4, -0.2) is 10.4 Å². The van der Waals surface area contributed by atoms with Crippen molar-refractivity contribution in [3.63, 3.8) is 0 Å². The van der Waals surface area contributed by atoms with Crippen LogP contribution >= 0.6 is 0 Å². The van der Waals surface area contributed by atoms with Gasteiger partial charge in [0.15, 0.2) is 5.78 Å². The van der Waals surface area contributed by atoms with Crippen LogP contribution in [0, 0.1) is 5.92 Å². The first-order valence-corrected chi connectivity index (χ1v) is 6.38. The maximum Gasteiger partial charge on any atom is 0.164 e. The van der Waals surface area contributed by atoms with Gasteiger partial charge in [-0.1, -0.05) is 13.8 Å². The minimum absolute atomic E-state index is 0.337. The fraction of sp³-hybridized carbons (Fsp3) is 0.643. The maximum absolute atomic E-state index is 11.7. The summed E-state index contributed by atoms with van der Waals surface area (Å²) in [6, 6.07) is 0. The summed E-state index contributed by atoms with van der Waals surface area (Å²) >= 11 is 0. The highest BCUT2D eigenvalue weighted by molar-refractivity contribution is 5.98. The highest BCUT2D eigenvalue weighted by atomic mass is 16.1. The van der Waals surface area contributed by atoms with E-state index in [0.717, 1.165) is 37.3 Å². The molecule has 0 bridgehead atoms. The van der Waals surface area contributed by atoms with Gasteiger partial charge in [0, 0.05) is 30.9 Å². The van der Waals surface area contributed by atoms with Gasteiger partial charge < -0.3 is 4.57 Å². The lowest BCUT2D eigenvalue weighted by atomic mass is 9.95. The Morgan fingerprint density at radius 1 is 1.31 bits per heavy atom. The van der Waals surface area contributed by atoms with E-state index in [0.29, 0.717) is 5.78 Å². The van der Waals surface area contributed by atoms with Crippen LogP contribution in [0.1, 0.15) is 55.5 Å². The summed E-state index contributed by atoms with van der Waals surface area (Å²) in [5.41, 5.74) is 2.25. The first-order valence-electron chi connectivity index (χ1n) is 6.38. The Morgan fingerprint density at radius 2 is 2.12 bits per heavy atom. The first-order chi connectivity index (χ1) is 7.66. The molecule has 16 heavy (non-hydrogen) atoms. The number of aromatic nitrogens is 1. The lowest BCUT2D eigenvalue weighted by Crippen LogP contribution is -2.07. The van der Waals surface area contributed by atoms with Crippen molar-refractivity contribution in [1.82, 2.24) is 4.57 Å². The summed E-state index contributed by atoms with van der Waals surface area (Å²) in [4.78, 5) is 11.7. The Balaban J connectivity index is 1.98. The van der Waals surface area contributed by atoms with E-state index in [4.69, 9.17) is 0 Å². The van der Waals surface area contributed by atoms with Gasteiger partial charge in [0.25, 0.3) is 0 Å². The Hall–Kier alpha value is -1.05. The van der Waals surface area contributed by atoms with E-state index < -0.39 is 0 Å². The number of rotatable bonds is 4. The molecule has 88 valence electrons. The van der Waals surface area contributed by atoms with Gasteiger partial charge >= 0.3 is 0 Å². The molecule has 0 atom stereocenters. The molecule has 0 aromatic carbocycles. The standard InChI is InChI=1S/C14H21NO/c1-11(2)5-4-8-15-9-12-6-3-7-14(16)13(12)10-15/h9-11H,3-8H2,1-2H3. The lowest BCUT2D eigenvalue weighted by molar-refractivity contribution is 0.0973. The Kier molecular flexibility index (Phi) is 3.47. The van der Waals surface area contributed by atoms with Gasteiger partial charge in [0.1, 0.15) is 0 Å². The van der Waals surface area contributed by atoms with Crippen molar-refractivity contribution in [2.75, 3.05) is 0 Å². The van der Waals surface area contributed by atoms with Gasteiger partial charge in [0.05, 0.1) is 0 Å². The maximum atomic E-state index is 11.7.